The summed E-state index contributed by atoms with van der Waals surface area (Å²) in [6, 6.07) is 11.6. The number of anilines is 2. The second kappa shape index (κ2) is 12.0. The van der Waals surface area contributed by atoms with Crippen molar-refractivity contribution in [1.82, 2.24) is 19.8 Å². The number of carbonyl (C=O) groups is 1. The Bertz CT molecular complexity index is 1080. The third kappa shape index (κ3) is 6.31. The molecule has 1 aromatic heterocycles. The standard InChI is InChI=1S/C31H46N6O/c1-22(2)12-18-37-27-9-10-28(37)21-36(20-26-7-5-6-8-29(26)32-15-11-27)30(38)25-13-16-35(17-14-25)31-33-23(3)19-24(4)34-31/h5-8,19,22,25,27-28,32H,9-18,20-21H2,1-4H3/t27-,28+/m1/s1. The van der Waals surface area contributed by atoms with Gasteiger partial charge in [0.25, 0.3) is 0 Å². The number of carbonyl (C=O) groups excluding carboxylic acids is 1. The molecule has 3 aliphatic rings. The van der Waals surface area contributed by atoms with E-state index in [-0.39, 0.29) is 5.92 Å². The fourth-order valence-electron chi connectivity index (χ4n) is 6.62. The number of nitrogens with one attached hydrogen (secondary N) is 1. The van der Waals surface area contributed by atoms with Crippen molar-refractivity contribution in [2.45, 2.75) is 84.8 Å². The molecule has 4 heterocycles. The number of nitrogens with zero attached hydrogens (tertiary/aromatic N) is 5. The molecule has 2 saturated heterocycles. The molecule has 0 saturated carbocycles. The van der Waals surface area contributed by atoms with Crippen molar-refractivity contribution in [3.8, 4) is 0 Å². The zero-order valence-electron chi connectivity index (χ0n) is 23.8. The van der Waals surface area contributed by atoms with Gasteiger partial charge in [-0.3, -0.25) is 9.69 Å². The number of hydrogen-bond donors (Lipinski definition) is 1. The van der Waals surface area contributed by atoms with Crippen molar-refractivity contribution in [3.05, 3.63) is 47.3 Å². The monoisotopic (exact) mass is 518 g/mol. The van der Waals surface area contributed by atoms with E-state index in [0.717, 1.165) is 69.3 Å². The number of para-hydroxylation sites is 1. The first kappa shape index (κ1) is 26.9. The number of benzene rings is 1. The van der Waals surface area contributed by atoms with E-state index in [2.05, 4.69) is 68.1 Å². The summed E-state index contributed by atoms with van der Waals surface area (Å²) in [4.78, 5) is 30.7. The van der Waals surface area contributed by atoms with Gasteiger partial charge in [-0.05, 0) is 82.5 Å². The second-order valence-electron chi connectivity index (χ2n) is 12.1. The average Bonchev–Trinajstić information content (AvgIpc) is 3.26. The Morgan fingerprint density at radius 3 is 2.45 bits per heavy atom. The lowest BCUT2D eigenvalue weighted by molar-refractivity contribution is -0.137. The van der Waals surface area contributed by atoms with Crippen molar-refractivity contribution in [3.63, 3.8) is 0 Å². The van der Waals surface area contributed by atoms with E-state index < -0.39 is 0 Å². The number of rotatable bonds is 5. The molecular weight excluding hydrogens is 472 g/mol. The van der Waals surface area contributed by atoms with Crippen LogP contribution < -0.4 is 10.2 Å². The molecule has 0 aliphatic carbocycles. The smallest absolute Gasteiger partial charge is 0.226 e. The molecule has 2 aromatic rings. The van der Waals surface area contributed by atoms with Gasteiger partial charge in [0.1, 0.15) is 0 Å². The molecule has 2 bridgehead atoms. The van der Waals surface area contributed by atoms with Crippen LogP contribution in [0.25, 0.3) is 0 Å². The second-order valence-corrected chi connectivity index (χ2v) is 12.1. The van der Waals surface area contributed by atoms with Gasteiger partial charge in [0.05, 0.1) is 0 Å². The number of aromatic nitrogens is 2. The van der Waals surface area contributed by atoms with E-state index in [1.807, 2.05) is 19.9 Å². The highest BCUT2D eigenvalue weighted by molar-refractivity contribution is 5.79. The van der Waals surface area contributed by atoms with Crippen LogP contribution in [-0.4, -0.2) is 70.5 Å². The fraction of sp³-hybridized carbons (Fsp3) is 0.645. The highest BCUT2D eigenvalue weighted by atomic mass is 16.2. The molecule has 0 unspecified atom stereocenters. The lowest BCUT2D eigenvalue weighted by Crippen LogP contribution is -2.48. The maximum absolute atomic E-state index is 14.1. The van der Waals surface area contributed by atoms with E-state index in [1.54, 1.807) is 0 Å². The van der Waals surface area contributed by atoms with Crippen LogP contribution in [0.5, 0.6) is 0 Å². The fourth-order valence-corrected chi connectivity index (χ4v) is 6.62. The number of amides is 1. The van der Waals surface area contributed by atoms with Crippen LogP contribution in [0.3, 0.4) is 0 Å². The molecule has 0 spiro atoms. The van der Waals surface area contributed by atoms with Crippen LogP contribution in [0.1, 0.15) is 69.3 Å². The molecule has 206 valence electrons. The largest absolute Gasteiger partial charge is 0.385 e. The Hall–Kier alpha value is -2.67. The van der Waals surface area contributed by atoms with Gasteiger partial charge in [-0.1, -0.05) is 32.0 Å². The van der Waals surface area contributed by atoms with Gasteiger partial charge >= 0.3 is 0 Å². The minimum atomic E-state index is 0.0590. The van der Waals surface area contributed by atoms with E-state index in [4.69, 9.17) is 0 Å². The van der Waals surface area contributed by atoms with Gasteiger partial charge < -0.3 is 15.1 Å². The van der Waals surface area contributed by atoms with Crippen LogP contribution in [0.15, 0.2) is 30.3 Å². The van der Waals surface area contributed by atoms with Gasteiger partial charge in [0.2, 0.25) is 11.9 Å². The SMILES string of the molecule is Cc1cc(C)nc(N2CCC(C(=O)N3Cc4ccccc4NCC[C@H]4CC[C@@H](C3)N4CCC(C)C)CC2)n1. The molecule has 7 heteroatoms. The summed E-state index contributed by atoms with van der Waals surface area (Å²) >= 11 is 0. The summed E-state index contributed by atoms with van der Waals surface area (Å²) in [5.74, 6) is 1.89. The minimum absolute atomic E-state index is 0.0590. The normalized spacial score (nSPS) is 23.2. The zero-order chi connectivity index (χ0) is 26.6. The average molecular weight is 519 g/mol. The van der Waals surface area contributed by atoms with Crippen molar-refractivity contribution in [2.75, 3.05) is 42.9 Å². The molecule has 1 aromatic carbocycles. The quantitative estimate of drug-likeness (QED) is 0.599. The minimum Gasteiger partial charge on any atom is -0.385 e. The highest BCUT2D eigenvalue weighted by Crippen LogP contribution is 2.32. The van der Waals surface area contributed by atoms with Gasteiger partial charge in [-0.2, -0.15) is 0 Å². The van der Waals surface area contributed by atoms with Crippen LogP contribution in [0.4, 0.5) is 11.6 Å². The Morgan fingerprint density at radius 1 is 1.00 bits per heavy atom. The summed E-state index contributed by atoms with van der Waals surface area (Å²) in [5, 5.41) is 3.72. The maximum Gasteiger partial charge on any atom is 0.226 e. The molecule has 2 atom stereocenters. The van der Waals surface area contributed by atoms with Gasteiger partial charge in [0, 0.05) is 67.8 Å². The van der Waals surface area contributed by atoms with Gasteiger partial charge in [-0.15, -0.1) is 0 Å². The molecule has 38 heavy (non-hydrogen) atoms. The highest BCUT2D eigenvalue weighted by Gasteiger charge is 2.37. The Labute approximate surface area is 229 Å². The molecule has 0 radical (unpaired) electrons. The number of aryl methyl sites for hydroxylation is 2. The third-order valence-corrected chi connectivity index (χ3v) is 8.75. The van der Waals surface area contributed by atoms with Crippen LogP contribution in [-0.2, 0) is 11.3 Å². The summed E-state index contributed by atoms with van der Waals surface area (Å²) in [6.45, 7) is 14.0. The molecule has 2 fully saturated rings. The first-order valence-electron chi connectivity index (χ1n) is 14.8. The molecule has 1 N–H and O–H groups in total. The summed E-state index contributed by atoms with van der Waals surface area (Å²) in [6.07, 6.45) is 6.52. The lowest BCUT2D eigenvalue weighted by Gasteiger charge is -2.37. The Balaban J connectivity index is 1.33. The van der Waals surface area contributed by atoms with Crippen molar-refractivity contribution < 1.29 is 4.79 Å². The predicted molar refractivity (Wildman–Crippen MR) is 154 cm³/mol. The predicted octanol–water partition coefficient (Wildman–Crippen LogP) is 5.03. The first-order valence-corrected chi connectivity index (χ1v) is 14.8. The molecule has 1 amide bonds. The molecular formula is C31H46N6O. The van der Waals surface area contributed by atoms with Crippen molar-refractivity contribution in [1.29, 1.82) is 0 Å². The van der Waals surface area contributed by atoms with Crippen molar-refractivity contribution in [2.24, 2.45) is 11.8 Å². The lowest BCUT2D eigenvalue weighted by atomic mass is 9.94. The summed E-state index contributed by atoms with van der Waals surface area (Å²) in [5.41, 5.74) is 4.41. The first-order chi connectivity index (χ1) is 18.4. The zero-order valence-corrected chi connectivity index (χ0v) is 23.8. The van der Waals surface area contributed by atoms with Gasteiger partial charge in [-0.25, -0.2) is 9.97 Å². The van der Waals surface area contributed by atoms with E-state index in [1.165, 1.54) is 30.5 Å². The molecule has 7 nitrogen and oxygen atoms in total. The molecule has 3 aliphatic heterocycles. The Kier molecular flexibility index (Phi) is 8.51. The van der Waals surface area contributed by atoms with E-state index in [0.29, 0.717) is 30.5 Å². The van der Waals surface area contributed by atoms with Crippen molar-refractivity contribution >= 4 is 17.5 Å². The summed E-state index contributed by atoms with van der Waals surface area (Å²) < 4.78 is 0. The molecule has 5 rings (SSSR count). The van der Waals surface area contributed by atoms with Crippen LogP contribution in [0, 0.1) is 25.7 Å². The summed E-state index contributed by atoms with van der Waals surface area (Å²) in [7, 11) is 0. The maximum atomic E-state index is 14.1. The number of hydrogen-bond acceptors (Lipinski definition) is 6. The third-order valence-electron chi connectivity index (χ3n) is 8.75. The number of piperidine rings is 1. The van der Waals surface area contributed by atoms with Gasteiger partial charge in [0.15, 0.2) is 0 Å². The number of fused-ring (bicyclic) bond motifs is 3. The topological polar surface area (TPSA) is 64.6 Å². The van der Waals surface area contributed by atoms with E-state index >= 15 is 0 Å². The van der Waals surface area contributed by atoms with Crippen LogP contribution >= 0.6 is 0 Å². The van der Waals surface area contributed by atoms with E-state index in [9.17, 15) is 4.79 Å². The Morgan fingerprint density at radius 2 is 1.71 bits per heavy atom. The van der Waals surface area contributed by atoms with Crippen LogP contribution in [0.2, 0.25) is 0 Å².